The minimum absolute atomic E-state index is 0. The zero-order valence-electron chi connectivity index (χ0n) is 13.1. The number of carbonyl (C=O) groups is 4. The molecular weight excluding hydrogens is 340 g/mol. The van der Waals surface area contributed by atoms with Crippen LogP contribution in [0.3, 0.4) is 0 Å². The van der Waals surface area contributed by atoms with Crippen molar-refractivity contribution in [1.82, 2.24) is 0 Å². The summed E-state index contributed by atoms with van der Waals surface area (Å²) in [5, 5.41) is 41.5. The zero-order valence-corrected chi connectivity index (χ0v) is 21.1. The molecule has 0 heterocycles. The minimum Gasteiger partial charge on any atom is -0.550 e. The van der Waals surface area contributed by atoms with Crippen molar-refractivity contribution in [3.05, 3.63) is 11.1 Å². The molecule has 22 heavy (non-hydrogen) atoms. The van der Waals surface area contributed by atoms with Gasteiger partial charge in [0.15, 0.2) is 0 Å². The van der Waals surface area contributed by atoms with Gasteiger partial charge in [-0.2, -0.15) is 0 Å². The Hall–Kier alpha value is 1.62. The van der Waals surface area contributed by atoms with E-state index in [4.69, 9.17) is 0 Å². The normalized spacial score (nSPS) is 7.82. The molecule has 0 aliphatic heterocycles. The summed E-state index contributed by atoms with van der Waals surface area (Å²) < 4.78 is 0. The van der Waals surface area contributed by atoms with Gasteiger partial charge in [0.1, 0.15) is 0 Å². The Balaban J connectivity index is -0.000000241. The van der Waals surface area contributed by atoms with E-state index in [0.717, 1.165) is 0 Å². The van der Waals surface area contributed by atoms with Gasteiger partial charge in [0.05, 0.1) is 0 Å². The van der Waals surface area contributed by atoms with Gasteiger partial charge < -0.3 is 39.6 Å². The van der Waals surface area contributed by atoms with Crippen molar-refractivity contribution in [3.63, 3.8) is 0 Å². The summed E-state index contributed by atoms with van der Waals surface area (Å²) in [6.07, 6.45) is -3.60. The van der Waals surface area contributed by atoms with E-state index in [2.05, 4.69) is 0 Å². The third kappa shape index (κ3) is 19.7. The van der Waals surface area contributed by atoms with Crippen LogP contribution < -0.4 is 139 Å². The third-order valence-corrected chi connectivity index (χ3v) is 1.93. The van der Waals surface area contributed by atoms with Crippen LogP contribution in [0, 0.1) is 0 Å². The second-order valence-corrected chi connectivity index (χ2v) is 3.40. The van der Waals surface area contributed by atoms with Crippen molar-refractivity contribution in [2.75, 3.05) is 0 Å². The van der Waals surface area contributed by atoms with Crippen LogP contribution in [0.15, 0.2) is 11.1 Å². The molecule has 0 aliphatic rings. The summed E-state index contributed by atoms with van der Waals surface area (Å²) in [7, 11) is 0. The fraction of sp³-hybridized carbons (Fsp3) is 0.400. The average molecular weight is 348 g/mol. The Morgan fingerprint density at radius 1 is 0.455 bits per heavy atom. The van der Waals surface area contributed by atoms with Gasteiger partial charge in [0.25, 0.3) is 0 Å². The molecular formula is C10H8Na4O8. The summed E-state index contributed by atoms with van der Waals surface area (Å²) >= 11 is 0. The summed E-state index contributed by atoms with van der Waals surface area (Å²) in [6.45, 7) is 0. The molecule has 0 N–H and O–H groups in total. The molecule has 12 heteroatoms. The molecule has 0 amide bonds. The van der Waals surface area contributed by atoms with Crippen molar-refractivity contribution >= 4 is 23.9 Å². The van der Waals surface area contributed by atoms with Gasteiger partial charge in [-0.15, -0.1) is 0 Å². The van der Waals surface area contributed by atoms with Crippen LogP contribution in [0.2, 0.25) is 0 Å². The first-order valence-corrected chi connectivity index (χ1v) is 4.71. The van der Waals surface area contributed by atoms with Gasteiger partial charge in [-0.25, -0.2) is 0 Å². The molecule has 100 valence electrons. The van der Waals surface area contributed by atoms with Gasteiger partial charge in [-0.05, 0) is 0 Å². The van der Waals surface area contributed by atoms with Crippen molar-refractivity contribution < 1.29 is 158 Å². The number of hydrogen-bond donors (Lipinski definition) is 0. The van der Waals surface area contributed by atoms with Crippen LogP contribution in [0.1, 0.15) is 25.7 Å². The predicted octanol–water partition coefficient (Wildman–Crippen LogP) is -17.1. The quantitative estimate of drug-likeness (QED) is 0.309. The maximum atomic E-state index is 10.4. The van der Waals surface area contributed by atoms with E-state index < -0.39 is 60.7 Å². The van der Waals surface area contributed by atoms with E-state index in [-0.39, 0.29) is 118 Å². The maximum Gasteiger partial charge on any atom is 1.00 e. The topological polar surface area (TPSA) is 161 Å². The van der Waals surface area contributed by atoms with Crippen LogP contribution in [-0.2, 0) is 19.2 Å². The van der Waals surface area contributed by atoms with E-state index >= 15 is 0 Å². The monoisotopic (exact) mass is 348 g/mol. The van der Waals surface area contributed by atoms with Gasteiger partial charge in [-0.3, -0.25) is 0 Å². The third-order valence-electron chi connectivity index (χ3n) is 1.93. The van der Waals surface area contributed by atoms with Gasteiger partial charge in [0.2, 0.25) is 0 Å². The van der Waals surface area contributed by atoms with Crippen LogP contribution in [0.5, 0.6) is 0 Å². The fourth-order valence-corrected chi connectivity index (χ4v) is 1.32. The Kier molecular flexibility index (Phi) is 30.0. The van der Waals surface area contributed by atoms with E-state index in [0.29, 0.717) is 0 Å². The molecule has 0 saturated carbocycles. The van der Waals surface area contributed by atoms with Crippen LogP contribution in [0.4, 0.5) is 0 Å². The van der Waals surface area contributed by atoms with E-state index in [1.807, 2.05) is 0 Å². The number of aliphatic carboxylic acids is 4. The number of carboxylic acid groups (broad SMARTS) is 4. The standard InChI is InChI=1S/C10H12O8.4Na/c11-7(12)1-5(2-8(13)14)6(3-9(15)16)4-10(17)18;;;;/h1-4H2,(H,11,12)(H,13,14)(H,15,16)(H,17,18);;;;/q;4*+1/p-4. The van der Waals surface area contributed by atoms with E-state index in [1.165, 1.54) is 0 Å². The molecule has 0 aromatic rings. The van der Waals surface area contributed by atoms with E-state index in [9.17, 15) is 39.6 Å². The van der Waals surface area contributed by atoms with Crippen LogP contribution in [-0.4, -0.2) is 23.9 Å². The molecule has 0 atom stereocenters. The molecule has 0 saturated heterocycles. The van der Waals surface area contributed by atoms with Gasteiger partial charge in [0, 0.05) is 49.6 Å². The van der Waals surface area contributed by atoms with E-state index in [1.54, 1.807) is 0 Å². The zero-order chi connectivity index (χ0) is 14.3. The largest absolute Gasteiger partial charge is 1.00 e. The number of hydrogen-bond acceptors (Lipinski definition) is 8. The molecule has 8 nitrogen and oxygen atoms in total. The van der Waals surface area contributed by atoms with Gasteiger partial charge in [-0.1, -0.05) is 11.1 Å². The maximum absolute atomic E-state index is 10.4. The van der Waals surface area contributed by atoms with Crippen molar-refractivity contribution in [2.24, 2.45) is 0 Å². The molecule has 0 aromatic heterocycles. The first kappa shape index (κ1) is 34.9. The Morgan fingerprint density at radius 2 is 0.591 bits per heavy atom. The second-order valence-electron chi connectivity index (χ2n) is 3.40. The molecule has 0 spiro atoms. The summed E-state index contributed by atoms with van der Waals surface area (Å²) in [6, 6.07) is 0. The molecule has 0 bridgehead atoms. The molecule has 0 aliphatic carbocycles. The van der Waals surface area contributed by atoms with Crippen LogP contribution >= 0.6 is 0 Å². The van der Waals surface area contributed by atoms with Gasteiger partial charge >= 0.3 is 118 Å². The average Bonchev–Trinajstić information content (AvgIpc) is 2.12. The van der Waals surface area contributed by atoms with Crippen molar-refractivity contribution in [2.45, 2.75) is 25.7 Å². The Bertz CT molecular complexity index is 347. The number of rotatable bonds is 8. The molecule has 0 rings (SSSR count). The van der Waals surface area contributed by atoms with Crippen molar-refractivity contribution in [1.29, 1.82) is 0 Å². The first-order chi connectivity index (χ1) is 8.22. The number of carbonyl (C=O) groups excluding carboxylic acids is 4. The predicted molar refractivity (Wildman–Crippen MR) is 45.5 cm³/mol. The van der Waals surface area contributed by atoms with Crippen molar-refractivity contribution in [3.8, 4) is 0 Å². The second kappa shape index (κ2) is 19.0. The molecule has 0 aromatic carbocycles. The summed E-state index contributed by atoms with van der Waals surface area (Å²) in [5.74, 6) is -6.67. The molecule has 0 fully saturated rings. The van der Waals surface area contributed by atoms with Crippen LogP contribution in [0.25, 0.3) is 0 Å². The Labute approximate surface area is 215 Å². The fourth-order valence-electron chi connectivity index (χ4n) is 1.32. The summed E-state index contributed by atoms with van der Waals surface area (Å²) in [4.78, 5) is 41.5. The number of carboxylic acids is 4. The first-order valence-electron chi connectivity index (χ1n) is 4.71. The molecule has 0 radical (unpaired) electrons. The molecule has 0 unspecified atom stereocenters. The SMILES string of the molecule is O=C([O-])CC(CC(=O)[O-])=C(CC(=O)[O-])CC(=O)[O-].[Na+].[Na+].[Na+].[Na+]. The summed E-state index contributed by atoms with van der Waals surface area (Å²) in [5.41, 5.74) is -0.799. The Morgan fingerprint density at radius 3 is 0.682 bits per heavy atom. The smallest absolute Gasteiger partial charge is 0.550 e. The minimum atomic E-state index is -1.67.